The third-order valence-corrected chi connectivity index (χ3v) is 7.65. The summed E-state index contributed by atoms with van der Waals surface area (Å²) in [5, 5.41) is 8.82. The summed E-state index contributed by atoms with van der Waals surface area (Å²) in [7, 11) is -1.07. The SMILES string of the molecule is C[Si]1(C)CCCN1C1CC=C(C#N)CC1. The second kappa shape index (κ2) is 4.11. The molecule has 0 N–H and O–H groups in total. The van der Waals surface area contributed by atoms with Crippen molar-refractivity contribution in [2.45, 2.75) is 50.9 Å². The summed E-state index contributed by atoms with van der Waals surface area (Å²) in [6.07, 6.45) is 6.87. The number of hydrogen-bond acceptors (Lipinski definition) is 2. The minimum absolute atomic E-state index is 0.742. The fraction of sp³-hybridized carbons (Fsp3) is 0.750. The van der Waals surface area contributed by atoms with Crippen molar-refractivity contribution in [3.05, 3.63) is 11.6 Å². The van der Waals surface area contributed by atoms with Crippen LogP contribution in [0.25, 0.3) is 0 Å². The quantitative estimate of drug-likeness (QED) is 0.635. The zero-order valence-corrected chi connectivity index (χ0v) is 10.8. The maximum absolute atomic E-state index is 8.82. The minimum atomic E-state index is -1.07. The molecule has 0 aromatic rings. The Balaban J connectivity index is 2.03. The molecule has 0 amide bonds. The largest absolute Gasteiger partial charge is 0.321 e. The first kappa shape index (κ1) is 10.9. The maximum Gasteiger partial charge on any atom is 0.122 e. The van der Waals surface area contributed by atoms with E-state index in [2.05, 4.69) is 29.8 Å². The summed E-state index contributed by atoms with van der Waals surface area (Å²) in [5.41, 5.74) is 1.00. The molecule has 0 aromatic heterocycles. The van der Waals surface area contributed by atoms with Crippen molar-refractivity contribution >= 4 is 8.24 Å². The zero-order chi connectivity index (χ0) is 10.9. The van der Waals surface area contributed by atoms with E-state index in [1.807, 2.05) is 0 Å². The average Bonchev–Trinajstić information content (AvgIpc) is 2.58. The van der Waals surface area contributed by atoms with Crippen LogP contribution >= 0.6 is 0 Å². The molecule has 1 aliphatic carbocycles. The Morgan fingerprint density at radius 2 is 2.33 bits per heavy atom. The van der Waals surface area contributed by atoms with Crippen LogP contribution in [0.15, 0.2) is 11.6 Å². The highest BCUT2D eigenvalue weighted by Gasteiger charge is 2.38. The first-order valence-corrected chi connectivity index (χ1v) is 9.15. The predicted octanol–water partition coefficient (Wildman–Crippen LogP) is 2.90. The van der Waals surface area contributed by atoms with Crippen molar-refractivity contribution in [1.29, 1.82) is 5.26 Å². The van der Waals surface area contributed by atoms with Crippen LogP contribution in [0.3, 0.4) is 0 Å². The monoisotopic (exact) mass is 220 g/mol. The lowest BCUT2D eigenvalue weighted by molar-refractivity contribution is 0.314. The zero-order valence-electron chi connectivity index (χ0n) is 9.79. The number of rotatable bonds is 1. The Bertz CT molecular complexity index is 314. The number of nitrogens with zero attached hydrogens (tertiary/aromatic N) is 2. The molecule has 1 unspecified atom stereocenters. The van der Waals surface area contributed by atoms with Gasteiger partial charge >= 0.3 is 0 Å². The molecular formula is C12H20N2Si. The molecule has 1 fully saturated rings. The second-order valence-electron chi connectivity index (χ2n) is 5.38. The average molecular weight is 220 g/mol. The lowest BCUT2D eigenvalue weighted by Gasteiger charge is -2.38. The second-order valence-corrected chi connectivity index (χ2v) is 10.1. The van der Waals surface area contributed by atoms with Gasteiger partial charge in [-0.05, 0) is 38.3 Å². The Kier molecular flexibility index (Phi) is 2.99. The van der Waals surface area contributed by atoms with Crippen LogP contribution in [-0.2, 0) is 0 Å². The highest BCUT2D eigenvalue weighted by Crippen LogP contribution is 2.32. The third-order valence-electron chi connectivity index (χ3n) is 3.93. The van der Waals surface area contributed by atoms with Gasteiger partial charge in [-0.25, -0.2) is 0 Å². The van der Waals surface area contributed by atoms with Crippen LogP contribution in [-0.4, -0.2) is 25.4 Å². The fourth-order valence-electron chi connectivity index (χ4n) is 3.01. The number of allylic oxidation sites excluding steroid dienone is 1. The molecule has 1 aliphatic heterocycles. The molecule has 82 valence electrons. The van der Waals surface area contributed by atoms with Gasteiger partial charge in [0.15, 0.2) is 0 Å². The first-order chi connectivity index (χ1) is 7.13. The lowest BCUT2D eigenvalue weighted by Crippen LogP contribution is -2.49. The van der Waals surface area contributed by atoms with Crippen LogP contribution < -0.4 is 0 Å². The Morgan fingerprint density at radius 1 is 1.53 bits per heavy atom. The van der Waals surface area contributed by atoms with Gasteiger partial charge in [0.25, 0.3) is 0 Å². The van der Waals surface area contributed by atoms with Gasteiger partial charge in [-0.3, -0.25) is 0 Å². The summed E-state index contributed by atoms with van der Waals surface area (Å²) in [4.78, 5) is 0. The molecule has 0 spiro atoms. The molecule has 3 heteroatoms. The maximum atomic E-state index is 8.82. The summed E-state index contributed by atoms with van der Waals surface area (Å²) in [6.45, 7) is 6.28. The Labute approximate surface area is 93.7 Å². The fourth-order valence-corrected chi connectivity index (χ4v) is 6.31. The summed E-state index contributed by atoms with van der Waals surface area (Å²) < 4.78 is 2.79. The molecule has 0 radical (unpaired) electrons. The van der Waals surface area contributed by atoms with Gasteiger partial charge in [0.2, 0.25) is 0 Å². The molecule has 0 aromatic carbocycles. The molecule has 1 heterocycles. The molecule has 1 atom stereocenters. The van der Waals surface area contributed by atoms with E-state index in [-0.39, 0.29) is 0 Å². The number of hydrogen-bond donors (Lipinski definition) is 0. The summed E-state index contributed by atoms with van der Waals surface area (Å²) in [5.74, 6) is 0. The van der Waals surface area contributed by atoms with Crippen molar-refractivity contribution in [2.24, 2.45) is 0 Å². The van der Waals surface area contributed by atoms with E-state index in [1.54, 1.807) is 0 Å². The molecular weight excluding hydrogens is 200 g/mol. The highest BCUT2D eigenvalue weighted by molar-refractivity contribution is 6.75. The minimum Gasteiger partial charge on any atom is -0.321 e. The smallest absolute Gasteiger partial charge is 0.122 e. The van der Waals surface area contributed by atoms with Crippen LogP contribution in [0.1, 0.15) is 25.7 Å². The topological polar surface area (TPSA) is 27.0 Å². The lowest BCUT2D eigenvalue weighted by atomic mass is 9.96. The van der Waals surface area contributed by atoms with Gasteiger partial charge in [-0.2, -0.15) is 5.26 Å². The van der Waals surface area contributed by atoms with Gasteiger partial charge in [0.05, 0.1) is 6.07 Å². The van der Waals surface area contributed by atoms with E-state index in [0.29, 0.717) is 0 Å². The van der Waals surface area contributed by atoms with Gasteiger partial charge in [-0.15, -0.1) is 0 Å². The Hall–Kier alpha value is -0.593. The standard InChI is InChI=1S/C12H20N2Si/c1-15(2)9-3-8-14(15)12-6-4-11(10-13)5-7-12/h4,12H,3,5-9H2,1-2H3. The van der Waals surface area contributed by atoms with E-state index >= 15 is 0 Å². The van der Waals surface area contributed by atoms with Gasteiger partial charge < -0.3 is 4.57 Å². The van der Waals surface area contributed by atoms with E-state index in [4.69, 9.17) is 5.26 Å². The van der Waals surface area contributed by atoms with Gasteiger partial charge in [0, 0.05) is 11.6 Å². The molecule has 2 nitrogen and oxygen atoms in total. The van der Waals surface area contributed by atoms with Crippen molar-refractivity contribution in [1.82, 2.24) is 4.57 Å². The van der Waals surface area contributed by atoms with E-state index in [9.17, 15) is 0 Å². The van der Waals surface area contributed by atoms with E-state index < -0.39 is 8.24 Å². The van der Waals surface area contributed by atoms with E-state index in [1.165, 1.54) is 25.4 Å². The molecule has 2 rings (SSSR count). The van der Waals surface area contributed by atoms with Crippen molar-refractivity contribution in [2.75, 3.05) is 6.54 Å². The predicted molar refractivity (Wildman–Crippen MR) is 64.9 cm³/mol. The molecule has 0 saturated carbocycles. The van der Waals surface area contributed by atoms with Crippen molar-refractivity contribution < 1.29 is 0 Å². The van der Waals surface area contributed by atoms with Crippen LogP contribution in [0.2, 0.25) is 19.1 Å². The normalized spacial score (nSPS) is 31.0. The molecule has 1 saturated heterocycles. The summed E-state index contributed by atoms with van der Waals surface area (Å²) >= 11 is 0. The molecule has 15 heavy (non-hydrogen) atoms. The molecule has 0 bridgehead atoms. The van der Waals surface area contributed by atoms with Gasteiger partial charge in [-0.1, -0.05) is 19.2 Å². The first-order valence-electron chi connectivity index (χ1n) is 5.99. The Morgan fingerprint density at radius 3 is 2.80 bits per heavy atom. The number of nitriles is 1. The van der Waals surface area contributed by atoms with Crippen LogP contribution in [0.4, 0.5) is 0 Å². The van der Waals surface area contributed by atoms with Crippen molar-refractivity contribution in [3.63, 3.8) is 0 Å². The van der Waals surface area contributed by atoms with Crippen molar-refractivity contribution in [3.8, 4) is 6.07 Å². The molecule has 2 aliphatic rings. The third kappa shape index (κ3) is 2.16. The van der Waals surface area contributed by atoms with Crippen LogP contribution in [0, 0.1) is 11.3 Å². The van der Waals surface area contributed by atoms with E-state index in [0.717, 1.165) is 24.5 Å². The highest BCUT2D eigenvalue weighted by atomic mass is 28.3. The van der Waals surface area contributed by atoms with Gasteiger partial charge in [0.1, 0.15) is 8.24 Å². The van der Waals surface area contributed by atoms with Crippen LogP contribution in [0.5, 0.6) is 0 Å². The summed E-state index contributed by atoms with van der Waals surface area (Å²) in [6, 6.07) is 4.49.